The summed E-state index contributed by atoms with van der Waals surface area (Å²) in [5.41, 5.74) is 0. The van der Waals surface area contributed by atoms with Crippen LogP contribution in [-0.2, 0) is 65.4 Å². The van der Waals surface area contributed by atoms with Crippen molar-refractivity contribution in [3.63, 3.8) is 0 Å². The first kappa shape index (κ1) is 88.5. The zero-order valence-corrected chi connectivity index (χ0v) is 60.6. The molecule has 0 saturated heterocycles. The van der Waals surface area contributed by atoms with E-state index in [1.165, 1.54) is 128 Å². The molecule has 0 aromatic rings. The number of phosphoric ester groups is 2. The topological polar surface area (TPSA) is 237 Å². The molecule has 536 valence electrons. The molecule has 0 spiro atoms. The molecule has 0 heterocycles. The van der Waals surface area contributed by atoms with Gasteiger partial charge in [-0.05, 0) is 69.1 Å². The third-order valence-corrected chi connectivity index (χ3v) is 18.3. The van der Waals surface area contributed by atoms with Crippen LogP contribution in [0.1, 0.15) is 337 Å². The zero-order chi connectivity index (χ0) is 67.3. The van der Waals surface area contributed by atoms with Crippen LogP contribution in [0.15, 0.2) is 24.3 Å². The number of aliphatic hydroxyl groups is 1. The van der Waals surface area contributed by atoms with Gasteiger partial charge in [0.05, 0.1) is 26.4 Å². The Balaban J connectivity index is 5.29. The van der Waals surface area contributed by atoms with Crippen LogP contribution in [-0.4, -0.2) is 96.7 Å². The SMILES string of the molecule is CCCCCC/C=C\C=C/CCCCCCCC(=O)O[C@H](COC(=O)CCCCCCCCCCCCCCC(C)C)COP(=O)(O)OC[C@@H](O)COP(=O)(O)OC[C@@H](COC(=O)CCCCCCCCC(C)C)OC(=O)CCCCCCCCCCC(C)CC. The molecular formula is C72H136O17P2. The molecule has 19 heteroatoms. The molecule has 6 atom stereocenters. The number of unbranched alkanes of at least 4 members (excludes halogenated alkanes) is 32. The van der Waals surface area contributed by atoms with Gasteiger partial charge in [0.25, 0.3) is 0 Å². The van der Waals surface area contributed by atoms with Crippen LogP contribution in [0.5, 0.6) is 0 Å². The van der Waals surface area contributed by atoms with Crippen molar-refractivity contribution < 1.29 is 80.2 Å². The van der Waals surface area contributed by atoms with Crippen LogP contribution in [0.3, 0.4) is 0 Å². The highest BCUT2D eigenvalue weighted by Gasteiger charge is 2.30. The average Bonchev–Trinajstić information content (AvgIpc) is 3.70. The van der Waals surface area contributed by atoms with Crippen LogP contribution in [0.4, 0.5) is 0 Å². The lowest BCUT2D eigenvalue weighted by atomic mass is 9.99. The minimum Gasteiger partial charge on any atom is -0.462 e. The van der Waals surface area contributed by atoms with E-state index in [9.17, 15) is 43.2 Å². The third kappa shape index (κ3) is 64.6. The van der Waals surface area contributed by atoms with E-state index in [0.29, 0.717) is 31.6 Å². The molecule has 0 rings (SSSR count). The predicted octanol–water partition coefficient (Wildman–Crippen LogP) is 20.2. The van der Waals surface area contributed by atoms with Gasteiger partial charge >= 0.3 is 39.5 Å². The molecule has 0 saturated carbocycles. The van der Waals surface area contributed by atoms with Gasteiger partial charge in [0.2, 0.25) is 0 Å². The standard InChI is InChI=1S/C72H136O17P2/c1-8-10-11-12-13-14-15-16-17-18-23-26-32-41-48-55-71(76)88-67(59-82-69(74)53-46-39-31-25-22-20-19-21-24-29-36-43-50-63(3)4)61-86-90(78,79)84-57-66(73)58-85-91(80,81)87-62-68(60-83-70(75)54-47-40-35-34-37-44-51-64(5)6)89-72(77)56-49-42-33-28-27-30-38-45-52-65(7)9-2/h14-17,63-68,73H,8-13,18-62H2,1-7H3,(H,78,79)(H,80,81)/b15-14-,17-16-/t65?,66-,67-,68-/m1/s1. The summed E-state index contributed by atoms with van der Waals surface area (Å²) in [5, 5.41) is 10.6. The van der Waals surface area contributed by atoms with E-state index in [1.807, 2.05) is 0 Å². The summed E-state index contributed by atoms with van der Waals surface area (Å²) in [7, 11) is -9.92. The molecule has 0 aliphatic rings. The Morgan fingerprint density at radius 2 is 0.648 bits per heavy atom. The summed E-state index contributed by atoms with van der Waals surface area (Å²) < 4.78 is 68.3. The molecule has 3 unspecified atom stereocenters. The Hall–Kier alpha value is -2.46. The van der Waals surface area contributed by atoms with Gasteiger partial charge in [0.15, 0.2) is 12.2 Å². The Kier molecular flexibility index (Phi) is 60.7. The number of hydrogen-bond acceptors (Lipinski definition) is 15. The van der Waals surface area contributed by atoms with Crippen molar-refractivity contribution >= 4 is 39.5 Å². The van der Waals surface area contributed by atoms with E-state index < -0.39 is 97.5 Å². The molecule has 91 heavy (non-hydrogen) atoms. The van der Waals surface area contributed by atoms with E-state index in [4.69, 9.17) is 37.0 Å². The van der Waals surface area contributed by atoms with Crippen LogP contribution < -0.4 is 0 Å². The van der Waals surface area contributed by atoms with E-state index in [1.54, 1.807) is 0 Å². The highest BCUT2D eigenvalue weighted by Crippen LogP contribution is 2.45. The summed E-state index contributed by atoms with van der Waals surface area (Å²) in [6.45, 7) is 11.7. The molecule has 0 amide bonds. The predicted molar refractivity (Wildman–Crippen MR) is 367 cm³/mol. The number of carbonyl (C=O) groups is 4. The van der Waals surface area contributed by atoms with Gasteiger partial charge < -0.3 is 33.8 Å². The molecule has 0 fully saturated rings. The minimum absolute atomic E-state index is 0.0845. The first-order valence-corrected chi connectivity index (χ1v) is 39.7. The van der Waals surface area contributed by atoms with E-state index >= 15 is 0 Å². The maximum Gasteiger partial charge on any atom is 0.472 e. The first-order chi connectivity index (χ1) is 43.8. The lowest BCUT2D eigenvalue weighted by Crippen LogP contribution is -2.30. The Morgan fingerprint density at radius 1 is 0.363 bits per heavy atom. The minimum atomic E-state index is -4.96. The molecule has 0 aromatic carbocycles. The number of aliphatic hydroxyl groups excluding tert-OH is 1. The van der Waals surface area contributed by atoms with Crippen LogP contribution in [0.2, 0.25) is 0 Å². The fourth-order valence-corrected chi connectivity index (χ4v) is 11.9. The second kappa shape index (κ2) is 62.4. The Morgan fingerprint density at radius 3 is 0.978 bits per heavy atom. The molecule has 0 aliphatic heterocycles. The van der Waals surface area contributed by atoms with Gasteiger partial charge in [-0.25, -0.2) is 9.13 Å². The average molecular weight is 1340 g/mol. The first-order valence-electron chi connectivity index (χ1n) is 36.7. The molecule has 0 aliphatic carbocycles. The second-order valence-electron chi connectivity index (χ2n) is 26.5. The van der Waals surface area contributed by atoms with Crippen molar-refractivity contribution in [1.29, 1.82) is 0 Å². The molecule has 0 radical (unpaired) electrons. The summed E-state index contributed by atoms with van der Waals surface area (Å²) >= 11 is 0. The summed E-state index contributed by atoms with van der Waals surface area (Å²) in [6.07, 6.45) is 49.5. The Bertz CT molecular complexity index is 1880. The number of phosphoric acid groups is 2. The van der Waals surface area contributed by atoms with E-state index in [0.717, 1.165) is 121 Å². The smallest absolute Gasteiger partial charge is 0.462 e. The maximum atomic E-state index is 13.0. The number of ether oxygens (including phenoxy) is 4. The highest BCUT2D eigenvalue weighted by molar-refractivity contribution is 7.47. The zero-order valence-electron chi connectivity index (χ0n) is 58.8. The van der Waals surface area contributed by atoms with Crippen molar-refractivity contribution in [2.24, 2.45) is 17.8 Å². The third-order valence-electron chi connectivity index (χ3n) is 16.4. The van der Waals surface area contributed by atoms with Gasteiger partial charge in [-0.3, -0.25) is 37.3 Å². The van der Waals surface area contributed by atoms with E-state index in [2.05, 4.69) is 72.8 Å². The second-order valence-corrected chi connectivity index (χ2v) is 29.4. The fourth-order valence-electron chi connectivity index (χ4n) is 10.3. The monoisotopic (exact) mass is 1330 g/mol. The number of allylic oxidation sites excluding steroid dienone is 4. The molecule has 17 nitrogen and oxygen atoms in total. The molecule has 0 aromatic heterocycles. The van der Waals surface area contributed by atoms with Gasteiger partial charge in [-0.1, -0.05) is 285 Å². The van der Waals surface area contributed by atoms with Gasteiger partial charge in [0.1, 0.15) is 19.3 Å². The molecule has 0 bridgehead atoms. The van der Waals surface area contributed by atoms with Gasteiger partial charge in [0, 0.05) is 25.7 Å². The number of hydrogen-bond donors (Lipinski definition) is 3. The summed E-state index contributed by atoms with van der Waals surface area (Å²) in [6, 6.07) is 0. The number of carbonyl (C=O) groups excluding carboxylic acids is 4. The van der Waals surface area contributed by atoms with Crippen LogP contribution in [0, 0.1) is 17.8 Å². The van der Waals surface area contributed by atoms with Gasteiger partial charge in [-0.2, -0.15) is 0 Å². The normalized spacial score (nSPS) is 14.6. The maximum absolute atomic E-state index is 13.0. The van der Waals surface area contributed by atoms with Crippen molar-refractivity contribution in [3.8, 4) is 0 Å². The van der Waals surface area contributed by atoms with Crippen molar-refractivity contribution in [2.75, 3.05) is 39.6 Å². The Labute approximate surface area is 554 Å². The quantitative estimate of drug-likeness (QED) is 0.0169. The van der Waals surface area contributed by atoms with Crippen LogP contribution >= 0.6 is 15.6 Å². The highest BCUT2D eigenvalue weighted by atomic mass is 31.2. The lowest BCUT2D eigenvalue weighted by molar-refractivity contribution is -0.161. The number of rotatable bonds is 68. The van der Waals surface area contributed by atoms with E-state index in [-0.39, 0.29) is 25.7 Å². The summed E-state index contributed by atoms with van der Waals surface area (Å²) in [4.78, 5) is 72.6. The lowest BCUT2D eigenvalue weighted by Gasteiger charge is -2.21. The van der Waals surface area contributed by atoms with Crippen molar-refractivity contribution in [3.05, 3.63) is 24.3 Å². The fraction of sp³-hybridized carbons (Fsp3) is 0.889. The van der Waals surface area contributed by atoms with Gasteiger partial charge in [-0.15, -0.1) is 0 Å². The largest absolute Gasteiger partial charge is 0.472 e. The molecular weight excluding hydrogens is 1200 g/mol. The molecule has 3 N–H and O–H groups in total. The number of esters is 4. The van der Waals surface area contributed by atoms with Crippen molar-refractivity contribution in [1.82, 2.24) is 0 Å². The van der Waals surface area contributed by atoms with Crippen molar-refractivity contribution in [2.45, 2.75) is 356 Å². The summed E-state index contributed by atoms with van der Waals surface area (Å²) in [5.74, 6) is 0.0676. The van der Waals surface area contributed by atoms with Crippen LogP contribution in [0.25, 0.3) is 0 Å².